The Morgan fingerprint density at radius 2 is 1.80 bits per heavy atom. The van der Waals surface area contributed by atoms with E-state index in [1.165, 1.54) is 6.33 Å². The molecule has 6 rings (SSSR count). The number of rotatable bonds is 4. The number of hydrogen-bond donors (Lipinski definition) is 1. The lowest BCUT2D eigenvalue weighted by Crippen LogP contribution is -2.50. The number of nitrogens with one attached hydrogen (secondary N) is 1. The van der Waals surface area contributed by atoms with Crippen molar-refractivity contribution in [2.45, 2.75) is 25.4 Å². The highest BCUT2D eigenvalue weighted by Gasteiger charge is 2.32. The standard InChI is InChI=1S/C27H26N6O2/c1-31-16-21(20-7-3-5-9-24(20)31)26(34)23-14-25(29-17-28-23)32-12-10-19(11-13-32)33-15-18-6-2-4-8-22(18)30-27(33)35/h2-9,14,16-17,19H,10-13,15H2,1H3,(H,30,35). The minimum atomic E-state index is -0.107. The van der Waals surface area contributed by atoms with Crippen LogP contribution in [0.5, 0.6) is 0 Å². The summed E-state index contributed by atoms with van der Waals surface area (Å²) >= 11 is 0. The molecule has 0 spiro atoms. The van der Waals surface area contributed by atoms with Crippen LogP contribution in [0.2, 0.25) is 0 Å². The number of hydrogen-bond acceptors (Lipinski definition) is 5. The molecule has 1 N–H and O–H groups in total. The SMILES string of the molecule is Cn1cc(C(=O)c2cc(N3CCC(N4Cc5ccccc5NC4=O)CC3)ncn2)c2ccccc21. The molecule has 0 bridgehead atoms. The number of benzene rings is 2. The average molecular weight is 467 g/mol. The molecule has 176 valence electrons. The second-order valence-corrected chi connectivity index (χ2v) is 9.19. The molecule has 2 aromatic carbocycles. The van der Waals surface area contributed by atoms with Gasteiger partial charge in [-0.3, -0.25) is 4.79 Å². The zero-order valence-corrected chi connectivity index (χ0v) is 19.5. The van der Waals surface area contributed by atoms with Crippen LogP contribution in [0.4, 0.5) is 16.3 Å². The molecule has 8 heteroatoms. The van der Waals surface area contributed by atoms with Crippen molar-refractivity contribution in [3.05, 3.63) is 83.9 Å². The Morgan fingerprint density at radius 1 is 1.03 bits per heavy atom. The summed E-state index contributed by atoms with van der Waals surface area (Å²) in [5.74, 6) is 0.638. The molecular formula is C27H26N6O2. The number of carbonyl (C=O) groups is 2. The van der Waals surface area contributed by atoms with Gasteiger partial charge in [0.1, 0.15) is 17.8 Å². The number of urea groups is 1. The van der Waals surface area contributed by atoms with Crippen molar-refractivity contribution in [1.29, 1.82) is 0 Å². The van der Waals surface area contributed by atoms with Crippen molar-refractivity contribution in [2.75, 3.05) is 23.3 Å². The largest absolute Gasteiger partial charge is 0.356 e. The highest BCUT2D eigenvalue weighted by atomic mass is 16.2. The molecule has 35 heavy (non-hydrogen) atoms. The van der Waals surface area contributed by atoms with Crippen molar-refractivity contribution in [1.82, 2.24) is 19.4 Å². The molecule has 0 aliphatic carbocycles. The molecule has 0 unspecified atom stereocenters. The van der Waals surface area contributed by atoms with E-state index in [2.05, 4.69) is 26.3 Å². The number of aryl methyl sites for hydroxylation is 1. The van der Waals surface area contributed by atoms with Crippen molar-refractivity contribution >= 4 is 34.2 Å². The summed E-state index contributed by atoms with van der Waals surface area (Å²) in [7, 11) is 1.94. The van der Waals surface area contributed by atoms with Crippen LogP contribution in [0.3, 0.4) is 0 Å². The van der Waals surface area contributed by atoms with E-state index < -0.39 is 0 Å². The minimum Gasteiger partial charge on any atom is -0.356 e. The summed E-state index contributed by atoms with van der Waals surface area (Å²) in [6.45, 7) is 2.15. The molecular weight excluding hydrogens is 440 g/mol. The van der Waals surface area contributed by atoms with Gasteiger partial charge in [0.2, 0.25) is 5.78 Å². The third-order valence-electron chi connectivity index (χ3n) is 7.12. The molecule has 2 aliphatic heterocycles. The van der Waals surface area contributed by atoms with Gasteiger partial charge in [-0.1, -0.05) is 36.4 Å². The number of anilines is 2. The van der Waals surface area contributed by atoms with Crippen molar-refractivity contribution in [3.63, 3.8) is 0 Å². The maximum Gasteiger partial charge on any atom is 0.322 e. The van der Waals surface area contributed by atoms with Crippen molar-refractivity contribution < 1.29 is 9.59 Å². The third kappa shape index (κ3) is 3.80. The Kier molecular flexibility index (Phi) is 5.21. The fraction of sp³-hybridized carbons (Fsp3) is 0.259. The fourth-order valence-corrected chi connectivity index (χ4v) is 5.23. The molecule has 0 atom stereocenters. The summed E-state index contributed by atoms with van der Waals surface area (Å²) in [6.07, 6.45) is 5.01. The Morgan fingerprint density at radius 3 is 2.66 bits per heavy atom. The summed E-state index contributed by atoms with van der Waals surface area (Å²) < 4.78 is 1.96. The summed E-state index contributed by atoms with van der Waals surface area (Å²) in [4.78, 5) is 38.9. The number of para-hydroxylation sites is 2. The van der Waals surface area contributed by atoms with Gasteiger partial charge in [-0.2, -0.15) is 0 Å². The first-order chi connectivity index (χ1) is 17.1. The number of carbonyl (C=O) groups excluding carboxylic acids is 2. The number of piperidine rings is 1. The molecule has 1 saturated heterocycles. The first-order valence-electron chi connectivity index (χ1n) is 11.9. The zero-order valence-electron chi connectivity index (χ0n) is 19.5. The molecule has 0 radical (unpaired) electrons. The fourth-order valence-electron chi connectivity index (χ4n) is 5.23. The predicted octanol–water partition coefficient (Wildman–Crippen LogP) is 4.22. The Bertz CT molecular complexity index is 1440. The van der Waals surface area contributed by atoms with E-state index in [1.807, 2.05) is 65.2 Å². The maximum absolute atomic E-state index is 13.3. The van der Waals surface area contributed by atoms with Crippen LogP contribution < -0.4 is 10.2 Å². The summed E-state index contributed by atoms with van der Waals surface area (Å²) in [6, 6.07) is 17.7. The maximum atomic E-state index is 13.3. The van der Waals surface area contributed by atoms with Gasteiger partial charge in [0.15, 0.2) is 0 Å². The molecule has 2 aliphatic rings. The topological polar surface area (TPSA) is 83.4 Å². The lowest BCUT2D eigenvalue weighted by Gasteiger charge is -2.41. The number of ketones is 1. The van der Waals surface area contributed by atoms with Crippen LogP contribution in [0.15, 0.2) is 67.1 Å². The van der Waals surface area contributed by atoms with Gasteiger partial charge in [-0.15, -0.1) is 0 Å². The van der Waals surface area contributed by atoms with E-state index in [9.17, 15) is 9.59 Å². The second-order valence-electron chi connectivity index (χ2n) is 9.19. The van der Waals surface area contributed by atoms with Crippen LogP contribution in [0.25, 0.3) is 10.9 Å². The average Bonchev–Trinajstić information content (AvgIpc) is 3.24. The molecule has 0 saturated carbocycles. The Balaban J connectivity index is 1.17. The summed E-state index contributed by atoms with van der Waals surface area (Å²) in [5, 5.41) is 3.93. The van der Waals surface area contributed by atoms with Gasteiger partial charge in [0, 0.05) is 67.1 Å². The van der Waals surface area contributed by atoms with Crippen LogP contribution >= 0.6 is 0 Å². The first-order valence-corrected chi connectivity index (χ1v) is 11.9. The van der Waals surface area contributed by atoms with E-state index in [0.717, 1.165) is 53.9 Å². The molecule has 4 heterocycles. The lowest BCUT2D eigenvalue weighted by molar-refractivity contribution is 0.103. The van der Waals surface area contributed by atoms with E-state index in [4.69, 9.17) is 0 Å². The summed E-state index contributed by atoms with van der Waals surface area (Å²) in [5.41, 5.74) is 4.08. The number of amides is 2. The van der Waals surface area contributed by atoms with Crippen LogP contribution in [-0.4, -0.2) is 50.4 Å². The number of aromatic nitrogens is 3. The van der Waals surface area contributed by atoms with Crippen LogP contribution in [-0.2, 0) is 13.6 Å². The monoisotopic (exact) mass is 466 g/mol. The third-order valence-corrected chi connectivity index (χ3v) is 7.12. The molecule has 2 amide bonds. The van der Waals surface area contributed by atoms with Gasteiger partial charge in [-0.25, -0.2) is 14.8 Å². The lowest BCUT2D eigenvalue weighted by atomic mass is 10.0. The van der Waals surface area contributed by atoms with Gasteiger partial charge < -0.3 is 19.7 Å². The van der Waals surface area contributed by atoms with Crippen molar-refractivity contribution in [3.8, 4) is 0 Å². The van der Waals surface area contributed by atoms with E-state index in [-0.39, 0.29) is 17.9 Å². The van der Waals surface area contributed by atoms with Crippen molar-refractivity contribution in [2.24, 2.45) is 7.05 Å². The minimum absolute atomic E-state index is 0.0350. The second kappa shape index (κ2) is 8.54. The Labute approximate surface area is 203 Å². The molecule has 2 aromatic heterocycles. The molecule has 8 nitrogen and oxygen atoms in total. The van der Waals surface area contributed by atoms with E-state index in [1.54, 1.807) is 6.07 Å². The Hall–Kier alpha value is -4.20. The van der Waals surface area contributed by atoms with Crippen LogP contribution in [0.1, 0.15) is 34.5 Å². The normalized spacial score (nSPS) is 16.3. The van der Waals surface area contributed by atoms with E-state index in [0.29, 0.717) is 17.8 Å². The van der Waals surface area contributed by atoms with Gasteiger partial charge in [0.25, 0.3) is 0 Å². The highest BCUT2D eigenvalue weighted by molar-refractivity contribution is 6.15. The van der Waals surface area contributed by atoms with E-state index >= 15 is 0 Å². The predicted molar refractivity (Wildman–Crippen MR) is 135 cm³/mol. The zero-order chi connectivity index (χ0) is 23.9. The van der Waals surface area contributed by atoms with Crippen LogP contribution in [0, 0.1) is 0 Å². The molecule has 1 fully saturated rings. The number of fused-ring (bicyclic) bond motifs is 2. The molecule has 4 aromatic rings. The number of nitrogens with zero attached hydrogens (tertiary/aromatic N) is 5. The quantitative estimate of drug-likeness (QED) is 0.456. The smallest absolute Gasteiger partial charge is 0.322 e. The highest BCUT2D eigenvalue weighted by Crippen LogP contribution is 2.29. The van der Waals surface area contributed by atoms with Gasteiger partial charge in [0.05, 0.1) is 0 Å². The van der Waals surface area contributed by atoms with Gasteiger partial charge in [-0.05, 0) is 30.5 Å². The first kappa shape index (κ1) is 21.3. The van der Waals surface area contributed by atoms with Gasteiger partial charge >= 0.3 is 6.03 Å².